The lowest BCUT2D eigenvalue weighted by Gasteiger charge is -2.41. The normalized spacial score (nSPS) is 29.1. The highest BCUT2D eigenvalue weighted by atomic mass is 16.3. The molecule has 0 spiro atoms. The molecule has 84 valence electrons. The maximum atomic E-state index is 9.36. The lowest BCUT2D eigenvalue weighted by atomic mass is 10.0. The zero-order chi connectivity index (χ0) is 10.7. The van der Waals surface area contributed by atoms with Crippen molar-refractivity contribution in [3.05, 3.63) is 0 Å². The van der Waals surface area contributed by atoms with E-state index in [1.54, 1.807) is 0 Å². The average Bonchev–Trinajstić information content (AvgIpc) is 2.07. The molecule has 0 bridgehead atoms. The Balaban J connectivity index is 2.52. The van der Waals surface area contributed by atoms with Crippen LogP contribution in [0.15, 0.2) is 0 Å². The van der Waals surface area contributed by atoms with Crippen LogP contribution in [-0.2, 0) is 0 Å². The van der Waals surface area contributed by atoms with E-state index >= 15 is 0 Å². The van der Waals surface area contributed by atoms with Gasteiger partial charge in [-0.2, -0.15) is 0 Å². The first-order chi connectivity index (χ1) is 6.52. The third kappa shape index (κ3) is 2.94. The van der Waals surface area contributed by atoms with E-state index in [0.717, 1.165) is 19.4 Å². The van der Waals surface area contributed by atoms with Gasteiger partial charge >= 0.3 is 0 Å². The minimum Gasteiger partial charge on any atom is -0.379 e. The summed E-state index contributed by atoms with van der Waals surface area (Å²) >= 11 is 0. The Kier molecular flexibility index (Phi) is 4.35. The van der Waals surface area contributed by atoms with Gasteiger partial charge in [-0.25, -0.2) is 0 Å². The number of piperidine rings is 1. The van der Waals surface area contributed by atoms with Gasteiger partial charge in [0.15, 0.2) is 0 Å². The number of aliphatic hydroxyl groups excluding tert-OH is 1. The minimum absolute atomic E-state index is 0.285. The molecule has 0 radical (unpaired) electrons. The zero-order valence-electron chi connectivity index (χ0n) is 9.83. The summed E-state index contributed by atoms with van der Waals surface area (Å²) < 4.78 is 0. The molecule has 0 amide bonds. The summed E-state index contributed by atoms with van der Waals surface area (Å²) in [5, 5.41) is 12.5. The summed E-state index contributed by atoms with van der Waals surface area (Å²) in [5.41, 5.74) is 0. The highest BCUT2D eigenvalue weighted by Crippen LogP contribution is 2.18. The van der Waals surface area contributed by atoms with E-state index in [9.17, 15) is 5.11 Å². The van der Waals surface area contributed by atoms with Crippen LogP contribution in [0.5, 0.6) is 0 Å². The van der Waals surface area contributed by atoms with Crippen molar-refractivity contribution < 1.29 is 5.11 Å². The van der Waals surface area contributed by atoms with Crippen LogP contribution in [-0.4, -0.2) is 40.9 Å². The molecule has 1 aliphatic rings. The van der Waals surface area contributed by atoms with Crippen LogP contribution in [0, 0.1) is 0 Å². The molecular formula is C11H24N2O. The van der Waals surface area contributed by atoms with Crippen LogP contribution >= 0.6 is 0 Å². The monoisotopic (exact) mass is 200 g/mol. The molecule has 1 fully saturated rings. The average molecular weight is 200 g/mol. The summed E-state index contributed by atoms with van der Waals surface area (Å²) in [7, 11) is 0. The SMILES string of the molecule is CC(C)N(C(C)C)[C@H]1CCC(O)NC1. The molecule has 3 heteroatoms. The number of nitrogens with zero attached hydrogens (tertiary/aromatic N) is 1. The fraction of sp³-hybridized carbons (Fsp3) is 1.00. The van der Waals surface area contributed by atoms with E-state index in [0.29, 0.717) is 18.1 Å². The predicted molar refractivity (Wildman–Crippen MR) is 59.1 cm³/mol. The Hall–Kier alpha value is -0.120. The van der Waals surface area contributed by atoms with E-state index < -0.39 is 0 Å². The Morgan fingerprint density at radius 3 is 2.07 bits per heavy atom. The largest absolute Gasteiger partial charge is 0.379 e. The molecule has 2 N–H and O–H groups in total. The van der Waals surface area contributed by atoms with Crippen molar-refractivity contribution in [1.82, 2.24) is 10.2 Å². The van der Waals surface area contributed by atoms with Gasteiger partial charge in [-0.3, -0.25) is 10.2 Å². The molecule has 0 aromatic carbocycles. The Bertz CT molecular complexity index is 155. The first-order valence-corrected chi connectivity index (χ1v) is 5.71. The first-order valence-electron chi connectivity index (χ1n) is 5.71. The van der Waals surface area contributed by atoms with Crippen LogP contribution in [0.25, 0.3) is 0 Å². The lowest BCUT2D eigenvalue weighted by Crippen LogP contribution is -2.54. The summed E-state index contributed by atoms with van der Waals surface area (Å²) in [5.74, 6) is 0. The molecule has 3 nitrogen and oxygen atoms in total. The highest BCUT2D eigenvalue weighted by molar-refractivity contribution is 4.83. The van der Waals surface area contributed by atoms with Gasteiger partial charge in [0.1, 0.15) is 6.23 Å². The van der Waals surface area contributed by atoms with E-state index in [-0.39, 0.29) is 6.23 Å². The molecule has 14 heavy (non-hydrogen) atoms. The van der Waals surface area contributed by atoms with Crippen molar-refractivity contribution in [1.29, 1.82) is 0 Å². The third-order valence-corrected chi connectivity index (χ3v) is 2.98. The van der Waals surface area contributed by atoms with Gasteiger partial charge in [-0.05, 0) is 40.5 Å². The van der Waals surface area contributed by atoms with Crippen LogP contribution < -0.4 is 5.32 Å². The topological polar surface area (TPSA) is 35.5 Å². The smallest absolute Gasteiger partial charge is 0.105 e. The summed E-state index contributed by atoms with van der Waals surface area (Å²) in [6.07, 6.45) is 1.69. The number of nitrogens with one attached hydrogen (secondary N) is 1. The Morgan fingerprint density at radius 1 is 1.14 bits per heavy atom. The molecule has 0 saturated carbocycles. The van der Waals surface area contributed by atoms with Gasteiger partial charge in [0, 0.05) is 24.7 Å². The number of hydrogen-bond acceptors (Lipinski definition) is 3. The molecule has 1 rings (SSSR count). The van der Waals surface area contributed by atoms with Crippen molar-refractivity contribution in [2.45, 2.75) is 64.9 Å². The second-order valence-electron chi connectivity index (χ2n) is 4.79. The van der Waals surface area contributed by atoms with Crippen LogP contribution in [0.4, 0.5) is 0 Å². The molecule has 2 atom stereocenters. The number of rotatable bonds is 3. The first kappa shape index (κ1) is 12.0. The van der Waals surface area contributed by atoms with Crippen LogP contribution in [0.1, 0.15) is 40.5 Å². The van der Waals surface area contributed by atoms with Gasteiger partial charge in [0.2, 0.25) is 0 Å². The van der Waals surface area contributed by atoms with Crippen molar-refractivity contribution in [2.75, 3.05) is 6.54 Å². The van der Waals surface area contributed by atoms with Crippen LogP contribution in [0.2, 0.25) is 0 Å². The molecule has 0 aliphatic carbocycles. The standard InChI is InChI=1S/C11H24N2O/c1-8(2)13(9(3)4)10-5-6-11(14)12-7-10/h8-12,14H,5-7H2,1-4H3/t10-,11?/m0/s1. The highest BCUT2D eigenvalue weighted by Gasteiger charge is 2.27. The fourth-order valence-corrected chi connectivity index (χ4v) is 2.52. The molecular weight excluding hydrogens is 176 g/mol. The van der Waals surface area contributed by atoms with Gasteiger partial charge < -0.3 is 5.11 Å². The number of aliphatic hydroxyl groups is 1. The van der Waals surface area contributed by atoms with E-state index in [1.165, 1.54) is 0 Å². The Morgan fingerprint density at radius 2 is 1.71 bits per heavy atom. The quantitative estimate of drug-likeness (QED) is 0.718. The van der Waals surface area contributed by atoms with Gasteiger partial charge in [-0.1, -0.05) is 0 Å². The molecule has 0 aromatic rings. The van der Waals surface area contributed by atoms with Gasteiger partial charge in [0.05, 0.1) is 0 Å². The van der Waals surface area contributed by atoms with Crippen molar-refractivity contribution in [2.24, 2.45) is 0 Å². The summed E-state index contributed by atoms with van der Waals surface area (Å²) in [4.78, 5) is 2.53. The summed E-state index contributed by atoms with van der Waals surface area (Å²) in [6.45, 7) is 9.88. The molecule has 1 heterocycles. The number of hydrogen-bond donors (Lipinski definition) is 2. The molecule has 1 saturated heterocycles. The maximum Gasteiger partial charge on any atom is 0.105 e. The second kappa shape index (κ2) is 5.10. The molecule has 1 unspecified atom stereocenters. The van der Waals surface area contributed by atoms with Crippen LogP contribution in [0.3, 0.4) is 0 Å². The molecule has 0 aromatic heterocycles. The van der Waals surface area contributed by atoms with Gasteiger partial charge in [-0.15, -0.1) is 0 Å². The molecule has 1 aliphatic heterocycles. The second-order valence-corrected chi connectivity index (χ2v) is 4.79. The zero-order valence-corrected chi connectivity index (χ0v) is 9.83. The van der Waals surface area contributed by atoms with Crippen molar-refractivity contribution in [3.8, 4) is 0 Å². The minimum atomic E-state index is -0.285. The van der Waals surface area contributed by atoms with Gasteiger partial charge in [0.25, 0.3) is 0 Å². The van der Waals surface area contributed by atoms with E-state index in [4.69, 9.17) is 0 Å². The Labute approximate surface area is 87.5 Å². The van der Waals surface area contributed by atoms with E-state index in [1.807, 2.05) is 0 Å². The van der Waals surface area contributed by atoms with Crippen molar-refractivity contribution in [3.63, 3.8) is 0 Å². The third-order valence-electron chi connectivity index (χ3n) is 2.98. The maximum absolute atomic E-state index is 9.36. The van der Waals surface area contributed by atoms with E-state index in [2.05, 4.69) is 37.9 Å². The lowest BCUT2D eigenvalue weighted by molar-refractivity contribution is 0.0350. The summed E-state index contributed by atoms with van der Waals surface area (Å²) in [6, 6.07) is 1.74. The predicted octanol–water partition coefficient (Wildman–Crippen LogP) is 1.18. The van der Waals surface area contributed by atoms with Crippen molar-refractivity contribution >= 4 is 0 Å². The fourth-order valence-electron chi connectivity index (χ4n) is 2.52.